The predicted molar refractivity (Wildman–Crippen MR) is 128 cm³/mol. The summed E-state index contributed by atoms with van der Waals surface area (Å²) in [6.07, 6.45) is -2.81. The van der Waals surface area contributed by atoms with Gasteiger partial charge in [0.25, 0.3) is 0 Å². The first kappa shape index (κ1) is 27.8. The number of carbonyl (C=O) groups excluding carboxylic acids is 2. The van der Waals surface area contributed by atoms with Crippen LogP contribution >= 0.6 is 0 Å². The largest absolute Gasteiger partial charge is 0.508 e. The van der Waals surface area contributed by atoms with E-state index >= 15 is 0 Å². The number of phenols is 1. The molecule has 206 valence electrons. The van der Waals surface area contributed by atoms with Crippen molar-refractivity contribution < 1.29 is 58.8 Å². The number of aliphatic hydroxyl groups excluding tert-OH is 4. The second-order valence-corrected chi connectivity index (χ2v) is 9.08. The van der Waals surface area contributed by atoms with Crippen LogP contribution in [0.2, 0.25) is 0 Å². The Bertz CT molecular complexity index is 1090. The average molecular weight is 535 g/mol. The molecule has 0 unspecified atom stereocenters. The van der Waals surface area contributed by atoms with Crippen molar-refractivity contribution >= 4 is 18.0 Å². The highest BCUT2D eigenvalue weighted by atomic mass is 16.8. The van der Waals surface area contributed by atoms with Gasteiger partial charge in [0, 0.05) is 12.0 Å². The summed E-state index contributed by atoms with van der Waals surface area (Å²) in [5, 5.41) is 50.4. The van der Waals surface area contributed by atoms with E-state index in [-0.39, 0.29) is 17.9 Å². The minimum Gasteiger partial charge on any atom is -0.508 e. The Morgan fingerprint density at radius 2 is 1.82 bits per heavy atom. The third-order valence-electron chi connectivity index (χ3n) is 6.75. The lowest BCUT2D eigenvalue weighted by molar-refractivity contribution is -0.339. The van der Waals surface area contributed by atoms with E-state index in [0.29, 0.717) is 17.6 Å². The van der Waals surface area contributed by atoms with Gasteiger partial charge in [-0.15, -0.1) is 0 Å². The minimum absolute atomic E-state index is 0.0799. The van der Waals surface area contributed by atoms with Gasteiger partial charge >= 0.3 is 11.9 Å². The zero-order valence-corrected chi connectivity index (χ0v) is 20.5. The monoisotopic (exact) mass is 534 g/mol. The molecule has 1 aliphatic carbocycles. The molecule has 1 saturated heterocycles. The first-order chi connectivity index (χ1) is 18.2. The van der Waals surface area contributed by atoms with Gasteiger partial charge in [-0.2, -0.15) is 0 Å². The van der Waals surface area contributed by atoms with Gasteiger partial charge in [0.2, 0.25) is 6.29 Å². The molecular weight excluding hydrogens is 504 g/mol. The number of hydrogen-bond donors (Lipinski definition) is 5. The molecule has 0 amide bonds. The smallest absolute Gasteiger partial charge is 0.337 e. The van der Waals surface area contributed by atoms with Crippen molar-refractivity contribution in [1.82, 2.24) is 0 Å². The molecule has 5 N–H and O–H groups in total. The molecule has 12 heteroatoms. The number of carbonyl (C=O) groups is 2. The second kappa shape index (κ2) is 12.1. The molecule has 38 heavy (non-hydrogen) atoms. The number of phenolic OH excluding ortho intramolecular Hbond substituents is 1. The highest BCUT2D eigenvalue weighted by Gasteiger charge is 2.50. The fourth-order valence-electron chi connectivity index (χ4n) is 4.68. The summed E-state index contributed by atoms with van der Waals surface area (Å²) in [5.74, 6) is -2.26. The van der Waals surface area contributed by atoms with E-state index in [1.54, 1.807) is 18.2 Å². The maximum Gasteiger partial charge on any atom is 0.337 e. The van der Waals surface area contributed by atoms with E-state index in [4.69, 9.17) is 23.7 Å². The maximum absolute atomic E-state index is 12.2. The zero-order valence-electron chi connectivity index (χ0n) is 20.5. The van der Waals surface area contributed by atoms with E-state index in [0.717, 1.165) is 6.08 Å². The predicted octanol–water partition coefficient (Wildman–Crippen LogP) is -0.259. The van der Waals surface area contributed by atoms with Gasteiger partial charge in [-0.25, -0.2) is 9.59 Å². The standard InChI is InChI=1S/C26H30O12/c1-34-24(33)17-11-36-25(20-14(10-27)5-8-16(17)20)38-26-23(32)22(31)21(30)18(37-26)12-35-19(29)9-4-13-2-6-15(28)7-3-13/h2-7,9,11,16,18,20-23,25-28,30-32H,8,10,12H2,1H3/b9-4+/t16-,18+,20-,21+,22-,23+,25-,26-/m0/s1. The van der Waals surface area contributed by atoms with Crippen LogP contribution in [0.5, 0.6) is 5.75 Å². The van der Waals surface area contributed by atoms with Crippen molar-refractivity contribution in [3.63, 3.8) is 0 Å². The number of fused-ring (bicyclic) bond motifs is 1. The lowest BCUT2D eigenvalue weighted by Crippen LogP contribution is -2.60. The number of rotatable bonds is 8. The lowest BCUT2D eigenvalue weighted by atomic mass is 9.83. The van der Waals surface area contributed by atoms with Crippen molar-refractivity contribution in [3.05, 3.63) is 59.4 Å². The van der Waals surface area contributed by atoms with E-state index in [1.165, 1.54) is 31.6 Å². The molecule has 0 saturated carbocycles. The van der Waals surface area contributed by atoms with Gasteiger partial charge in [-0.1, -0.05) is 18.2 Å². The molecule has 1 aromatic carbocycles. The Balaban J connectivity index is 1.41. The molecule has 4 rings (SSSR count). The number of hydrogen-bond acceptors (Lipinski definition) is 12. The summed E-state index contributed by atoms with van der Waals surface area (Å²) in [4.78, 5) is 24.3. The van der Waals surface area contributed by atoms with Crippen molar-refractivity contribution in [2.75, 3.05) is 20.3 Å². The third-order valence-corrected chi connectivity index (χ3v) is 6.75. The number of ether oxygens (including phenoxy) is 5. The quantitative estimate of drug-likeness (QED) is 0.168. The molecule has 8 atom stereocenters. The van der Waals surface area contributed by atoms with Crippen LogP contribution in [0.4, 0.5) is 0 Å². The Morgan fingerprint density at radius 3 is 2.50 bits per heavy atom. The summed E-state index contributed by atoms with van der Waals surface area (Å²) < 4.78 is 27.0. The Labute approximate surface area is 218 Å². The molecule has 1 fully saturated rings. The summed E-state index contributed by atoms with van der Waals surface area (Å²) in [7, 11) is 1.24. The molecule has 0 bridgehead atoms. The molecule has 12 nitrogen and oxygen atoms in total. The fourth-order valence-corrected chi connectivity index (χ4v) is 4.68. The summed E-state index contributed by atoms with van der Waals surface area (Å²) in [6, 6.07) is 6.10. The minimum atomic E-state index is -1.69. The molecular formula is C26H30O12. The van der Waals surface area contributed by atoms with Crippen LogP contribution < -0.4 is 0 Å². The Kier molecular flexibility index (Phi) is 8.82. The number of allylic oxidation sites excluding steroid dienone is 1. The van der Waals surface area contributed by atoms with Crippen LogP contribution in [0.15, 0.2) is 53.8 Å². The molecule has 0 aromatic heterocycles. The van der Waals surface area contributed by atoms with E-state index < -0.39 is 67.4 Å². The van der Waals surface area contributed by atoms with E-state index in [9.17, 15) is 35.1 Å². The van der Waals surface area contributed by atoms with Crippen molar-refractivity contribution in [3.8, 4) is 5.75 Å². The maximum atomic E-state index is 12.2. The molecule has 2 heterocycles. The first-order valence-electron chi connectivity index (χ1n) is 12.0. The van der Waals surface area contributed by atoms with Gasteiger partial charge in [0.05, 0.1) is 31.5 Å². The fraction of sp³-hybridized carbons (Fsp3) is 0.462. The first-order valence-corrected chi connectivity index (χ1v) is 12.0. The van der Waals surface area contributed by atoms with E-state index in [2.05, 4.69) is 0 Å². The average Bonchev–Trinajstić information content (AvgIpc) is 3.36. The second-order valence-electron chi connectivity index (χ2n) is 9.08. The third kappa shape index (κ3) is 5.90. The molecule has 0 spiro atoms. The van der Waals surface area contributed by atoms with Gasteiger partial charge in [0.15, 0.2) is 6.29 Å². The SMILES string of the molecule is COC(=O)C1=CO[C@@H](O[C@@H]2O[C@H](COC(=O)/C=C/c3ccc(O)cc3)[C@@H](O)[C@H](O)[C@H]2O)[C@H]2C(CO)=CC[C@@H]12. The van der Waals surface area contributed by atoms with Gasteiger partial charge in [-0.05, 0) is 35.8 Å². The lowest BCUT2D eigenvalue weighted by Gasteiger charge is -2.43. The number of methoxy groups -OCH3 is 1. The summed E-state index contributed by atoms with van der Waals surface area (Å²) >= 11 is 0. The zero-order chi connectivity index (χ0) is 27.4. The number of aromatic hydroxyl groups is 1. The van der Waals surface area contributed by atoms with Crippen LogP contribution in [0.25, 0.3) is 6.08 Å². The summed E-state index contributed by atoms with van der Waals surface area (Å²) in [6.45, 7) is -0.778. The highest BCUT2D eigenvalue weighted by molar-refractivity contribution is 5.89. The normalized spacial score (nSPS) is 32.7. The Morgan fingerprint density at radius 1 is 1.08 bits per heavy atom. The van der Waals surface area contributed by atoms with Crippen LogP contribution in [-0.2, 0) is 33.3 Å². The molecule has 1 aromatic rings. The van der Waals surface area contributed by atoms with Crippen LogP contribution in [0.3, 0.4) is 0 Å². The van der Waals surface area contributed by atoms with Gasteiger partial charge < -0.3 is 49.2 Å². The number of benzene rings is 1. The molecule has 2 aliphatic heterocycles. The number of aliphatic hydroxyl groups is 4. The number of esters is 2. The van der Waals surface area contributed by atoms with Crippen LogP contribution in [0.1, 0.15) is 12.0 Å². The topological polar surface area (TPSA) is 181 Å². The Hall–Kier alpha value is -3.26. The van der Waals surface area contributed by atoms with Crippen molar-refractivity contribution in [1.29, 1.82) is 0 Å². The van der Waals surface area contributed by atoms with Crippen molar-refractivity contribution in [2.24, 2.45) is 11.8 Å². The summed E-state index contributed by atoms with van der Waals surface area (Å²) in [5.41, 5.74) is 1.47. The van der Waals surface area contributed by atoms with Gasteiger partial charge in [-0.3, -0.25) is 0 Å². The van der Waals surface area contributed by atoms with E-state index in [1.807, 2.05) is 0 Å². The molecule has 0 radical (unpaired) electrons. The van der Waals surface area contributed by atoms with Crippen molar-refractivity contribution in [2.45, 2.75) is 43.4 Å². The van der Waals surface area contributed by atoms with Gasteiger partial charge in [0.1, 0.15) is 36.8 Å². The van der Waals surface area contributed by atoms with Crippen LogP contribution in [0, 0.1) is 11.8 Å². The van der Waals surface area contributed by atoms with Crippen LogP contribution in [-0.4, -0.2) is 94.8 Å². The molecule has 3 aliphatic rings. The highest BCUT2D eigenvalue weighted by Crippen LogP contribution is 2.44.